The van der Waals surface area contributed by atoms with Crippen LogP contribution in [0.5, 0.6) is 0 Å². The number of fused-ring (bicyclic) bond motifs is 1. The molecule has 1 amide bonds. The van der Waals surface area contributed by atoms with Gasteiger partial charge in [0, 0.05) is 22.7 Å². The maximum Gasteiger partial charge on any atom is 0.227 e. The summed E-state index contributed by atoms with van der Waals surface area (Å²) in [6.07, 6.45) is 4.25. The zero-order chi connectivity index (χ0) is 18.9. The SMILES string of the molecule is O=C(Nc1ccc(-c2onc3ccc(-c4nn[nH]n4)cc23)cc1)C1CCCC1. The zero-order valence-electron chi connectivity index (χ0n) is 15.1. The topological polar surface area (TPSA) is 110 Å². The molecule has 0 radical (unpaired) electrons. The van der Waals surface area contributed by atoms with Crippen LogP contribution < -0.4 is 5.32 Å². The number of carbonyl (C=O) groups excluding carboxylic acids is 1. The fourth-order valence-corrected chi connectivity index (χ4v) is 3.71. The van der Waals surface area contributed by atoms with E-state index in [2.05, 4.69) is 31.1 Å². The minimum atomic E-state index is 0.111. The number of amides is 1. The third kappa shape index (κ3) is 3.02. The van der Waals surface area contributed by atoms with E-state index in [1.807, 2.05) is 42.5 Å². The van der Waals surface area contributed by atoms with E-state index in [-0.39, 0.29) is 11.8 Å². The van der Waals surface area contributed by atoms with Crippen LogP contribution >= 0.6 is 0 Å². The molecular formula is C20H18N6O2. The molecule has 4 aromatic rings. The van der Waals surface area contributed by atoms with E-state index in [1.54, 1.807) is 0 Å². The molecular weight excluding hydrogens is 356 g/mol. The highest BCUT2D eigenvalue weighted by molar-refractivity contribution is 5.95. The number of H-pyrrole nitrogens is 1. The quantitative estimate of drug-likeness (QED) is 0.562. The second-order valence-corrected chi connectivity index (χ2v) is 7.03. The molecule has 0 bridgehead atoms. The van der Waals surface area contributed by atoms with Crippen molar-refractivity contribution in [3.63, 3.8) is 0 Å². The van der Waals surface area contributed by atoms with Crippen LogP contribution in [0.3, 0.4) is 0 Å². The van der Waals surface area contributed by atoms with Gasteiger partial charge in [0.05, 0.1) is 5.39 Å². The summed E-state index contributed by atoms with van der Waals surface area (Å²) in [7, 11) is 0. The molecule has 28 heavy (non-hydrogen) atoms. The van der Waals surface area contributed by atoms with Crippen LogP contribution in [0.15, 0.2) is 47.0 Å². The van der Waals surface area contributed by atoms with Crippen molar-refractivity contribution in [2.45, 2.75) is 25.7 Å². The fraction of sp³-hybridized carbons (Fsp3) is 0.250. The van der Waals surface area contributed by atoms with E-state index in [0.29, 0.717) is 11.6 Å². The Kier molecular flexibility index (Phi) is 4.08. The lowest BCUT2D eigenvalue weighted by atomic mass is 10.1. The second-order valence-electron chi connectivity index (χ2n) is 7.03. The predicted molar refractivity (Wildman–Crippen MR) is 103 cm³/mol. The lowest BCUT2D eigenvalue weighted by Gasteiger charge is -2.10. The zero-order valence-corrected chi connectivity index (χ0v) is 15.1. The monoisotopic (exact) mass is 374 g/mol. The molecule has 0 saturated heterocycles. The number of nitrogens with zero attached hydrogens (tertiary/aromatic N) is 4. The summed E-state index contributed by atoms with van der Waals surface area (Å²) in [4.78, 5) is 12.3. The summed E-state index contributed by atoms with van der Waals surface area (Å²) in [6.45, 7) is 0. The van der Waals surface area contributed by atoms with Crippen LogP contribution in [0.25, 0.3) is 33.6 Å². The van der Waals surface area contributed by atoms with Crippen molar-refractivity contribution in [2.24, 2.45) is 5.92 Å². The predicted octanol–water partition coefficient (Wildman–Crippen LogP) is 3.80. The molecule has 8 nitrogen and oxygen atoms in total. The summed E-state index contributed by atoms with van der Waals surface area (Å²) in [6, 6.07) is 13.3. The number of benzene rings is 2. The fourth-order valence-electron chi connectivity index (χ4n) is 3.71. The number of rotatable bonds is 4. The van der Waals surface area contributed by atoms with Gasteiger partial charge in [-0.1, -0.05) is 18.0 Å². The number of carbonyl (C=O) groups is 1. The first-order valence-electron chi connectivity index (χ1n) is 9.32. The van der Waals surface area contributed by atoms with Crippen molar-refractivity contribution in [2.75, 3.05) is 5.32 Å². The van der Waals surface area contributed by atoms with Gasteiger partial charge >= 0.3 is 0 Å². The van der Waals surface area contributed by atoms with Crippen LogP contribution in [0, 0.1) is 5.92 Å². The van der Waals surface area contributed by atoms with Crippen LogP contribution in [-0.2, 0) is 4.79 Å². The third-order valence-electron chi connectivity index (χ3n) is 5.22. The number of hydrogen-bond donors (Lipinski definition) is 2. The largest absolute Gasteiger partial charge is 0.355 e. The van der Waals surface area contributed by atoms with E-state index in [9.17, 15) is 4.79 Å². The Hall–Kier alpha value is -3.55. The van der Waals surface area contributed by atoms with Crippen molar-refractivity contribution in [1.29, 1.82) is 0 Å². The Bertz CT molecular complexity index is 1110. The van der Waals surface area contributed by atoms with Gasteiger partial charge in [0.15, 0.2) is 5.76 Å². The maximum atomic E-state index is 12.3. The van der Waals surface area contributed by atoms with E-state index in [1.165, 1.54) is 0 Å². The van der Waals surface area contributed by atoms with Crippen LogP contribution in [0.2, 0.25) is 0 Å². The van der Waals surface area contributed by atoms with Gasteiger partial charge in [-0.3, -0.25) is 4.79 Å². The highest BCUT2D eigenvalue weighted by Crippen LogP contribution is 2.32. The van der Waals surface area contributed by atoms with Gasteiger partial charge in [-0.2, -0.15) is 5.21 Å². The Morgan fingerprint density at radius 3 is 2.61 bits per heavy atom. The Morgan fingerprint density at radius 2 is 1.86 bits per heavy atom. The lowest BCUT2D eigenvalue weighted by Crippen LogP contribution is -2.20. The average molecular weight is 374 g/mol. The van der Waals surface area contributed by atoms with Gasteiger partial charge in [-0.15, -0.1) is 10.2 Å². The molecule has 1 saturated carbocycles. The molecule has 1 fully saturated rings. The first kappa shape index (κ1) is 16.6. The van der Waals surface area contributed by atoms with Gasteiger partial charge in [0.25, 0.3) is 0 Å². The van der Waals surface area contributed by atoms with Gasteiger partial charge in [0.2, 0.25) is 11.7 Å². The summed E-state index contributed by atoms with van der Waals surface area (Å²) >= 11 is 0. The Balaban J connectivity index is 1.42. The molecule has 5 rings (SSSR count). The van der Waals surface area contributed by atoms with E-state index < -0.39 is 0 Å². The molecule has 8 heteroatoms. The van der Waals surface area contributed by atoms with Crippen molar-refractivity contribution in [1.82, 2.24) is 25.8 Å². The van der Waals surface area contributed by atoms with Gasteiger partial charge < -0.3 is 9.84 Å². The van der Waals surface area contributed by atoms with Crippen molar-refractivity contribution < 1.29 is 9.32 Å². The summed E-state index contributed by atoms with van der Waals surface area (Å²) in [5, 5.41) is 22.1. The number of aromatic amines is 1. The Morgan fingerprint density at radius 1 is 1.07 bits per heavy atom. The van der Waals surface area contributed by atoms with E-state index >= 15 is 0 Å². The lowest BCUT2D eigenvalue weighted by molar-refractivity contribution is -0.119. The molecule has 1 aliphatic carbocycles. The van der Waals surface area contributed by atoms with Crippen LogP contribution in [0.1, 0.15) is 25.7 Å². The molecule has 2 heterocycles. The molecule has 2 N–H and O–H groups in total. The second kappa shape index (κ2) is 6.88. The van der Waals surface area contributed by atoms with Crippen LogP contribution in [-0.4, -0.2) is 31.7 Å². The van der Waals surface area contributed by atoms with Gasteiger partial charge in [-0.05, 0) is 60.5 Å². The first-order chi connectivity index (χ1) is 13.8. The first-order valence-corrected chi connectivity index (χ1v) is 9.32. The van der Waals surface area contributed by atoms with Gasteiger partial charge in [0.1, 0.15) is 5.52 Å². The van der Waals surface area contributed by atoms with E-state index in [0.717, 1.165) is 53.4 Å². The molecule has 2 aromatic carbocycles. The molecule has 0 unspecified atom stereocenters. The average Bonchev–Trinajstić information content (AvgIpc) is 3.49. The molecule has 2 aromatic heterocycles. The van der Waals surface area contributed by atoms with Crippen molar-refractivity contribution in [3.05, 3.63) is 42.5 Å². The smallest absolute Gasteiger partial charge is 0.227 e. The van der Waals surface area contributed by atoms with Crippen molar-refractivity contribution in [3.8, 4) is 22.7 Å². The van der Waals surface area contributed by atoms with Gasteiger partial charge in [-0.25, -0.2) is 0 Å². The number of tetrazole rings is 1. The standard InChI is InChI=1S/C20H18N6O2/c27-20(13-3-1-2-4-13)21-15-8-5-12(6-9-15)18-16-11-14(19-22-25-26-23-19)7-10-17(16)24-28-18/h5-11,13H,1-4H2,(H,21,27)(H,22,23,25,26). The third-order valence-corrected chi connectivity index (χ3v) is 5.22. The van der Waals surface area contributed by atoms with E-state index in [4.69, 9.17) is 4.52 Å². The Labute approximate surface area is 160 Å². The summed E-state index contributed by atoms with van der Waals surface area (Å²) in [5.74, 6) is 1.43. The molecule has 0 atom stereocenters. The molecule has 0 aliphatic heterocycles. The minimum Gasteiger partial charge on any atom is -0.355 e. The number of hydrogen-bond acceptors (Lipinski definition) is 6. The normalized spacial score (nSPS) is 14.6. The van der Waals surface area contributed by atoms with Crippen molar-refractivity contribution >= 4 is 22.5 Å². The summed E-state index contributed by atoms with van der Waals surface area (Å²) in [5.41, 5.74) is 3.25. The molecule has 1 aliphatic rings. The maximum absolute atomic E-state index is 12.3. The number of aromatic nitrogens is 5. The number of nitrogens with one attached hydrogen (secondary N) is 2. The highest BCUT2D eigenvalue weighted by Gasteiger charge is 2.22. The molecule has 0 spiro atoms. The highest BCUT2D eigenvalue weighted by atomic mass is 16.5. The minimum absolute atomic E-state index is 0.111. The summed E-state index contributed by atoms with van der Waals surface area (Å²) < 4.78 is 5.57. The number of anilines is 1. The molecule has 140 valence electrons. The van der Waals surface area contributed by atoms with Crippen LogP contribution in [0.4, 0.5) is 5.69 Å².